The number of hydrogen-bond donors (Lipinski definition) is 5. The number of carbonyl (C=O) groups excluding carboxylic acids is 11. The molecule has 126 heavy (non-hydrogen) atoms. The lowest BCUT2D eigenvalue weighted by Crippen LogP contribution is -2.50. The van der Waals surface area contributed by atoms with E-state index in [9.17, 15) is 75.8 Å². The van der Waals surface area contributed by atoms with Gasteiger partial charge in [0.15, 0.2) is 28.9 Å². The van der Waals surface area contributed by atoms with Gasteiger partial charge in [-0.1, -0.05) is 212 Å². The van der Waals surface area contributed by atoms with Crippen LogP contribution in [0, 0.1) is 59.2 Å². The number of halogens is 4. The number of nitrogens with zero attached hydrogens (tertiary/aromatic N) is 2. The molecule has 28 heteroatoms. The van der Waals surface area contributed by atoms with Crippen molar-refractivity contribution >= 4 is 70.1 Å². The second-order valence-electron chi connectivity index (χ2n) is 36.6. The number of morpholine rings is 2. The highest BCUT2D eigenvalue weighted by atomic mass is 19.4. The number of ether oxygens (including phenoxy) is 5. The van der Waals surface area contributed by atoms with Crippen LogP contribution in [0.2, 0.25) is 0 Å². The molecule has 5 aliphatic rings. The number of benzene rings is 4. The number of ketones is 7. The number of aryl methyl sites for hydroxylation is 2. The fraction of sp³-hybridized carbons (Fsp3) is 0.633. The first-order valence-electron chi connectivity index (χ1n) is 44.0. The zero-order valence-corrected chi connectivity index (χ0v) is 75.3. The predicted molar refractivity (Wildman–Crippen MR) is 481 cm³/mol. The van der Waals surface area contributed by atoms with Gasteiger partial charge in [0, 0.05) is 77.0 Å². The van der Waals surface area contributed by atoms with Crippen LogP contribution in [0.5, 0.6) is 0 Å². The first-order chi connectivity index (χ1) is 58.0. The lowest BCUT2D eigenvalue weighted by atomic mass is 9.87. The summed E-state index contributed by atoms with van der Waals surface area (Å²) in [6.07, 6.45) is -0.0315. The van der Waals surface area contributed by atoms with Crippen molar-refractivity contribution in [3.05, 3.63) is 144 Å². The maximum atomic E-state index is 14.2. The number of Topliss-reactive ketones (excluding diaryl/α,β-unsaturated/α-hetero) is 7. The number of alkyl halides is 3. The summed E-state index contributed by atoms with van der Waals surface area (Å²) in [6, 6.07) is 34.9. The highest BCUT2D eigenvalue weighted by Crippen LogP contribution is 2.34. The molecule has 12 atom stereocenters. The molecule has 9 rings (SSSR count). The Labute approximate surface area is 746 Å². The maximum Gasteiger partial charge on any atom is 0.471 e. The minimum Gasteiger partial charge on any atom is -0.481 e. The molecule has 4 aromatic carbocycles. The Morgan fingerprint density at radius 3 is 1.01 bits per heavy atom. The van der Waals surface area contributed by atoms with E-state index in [1.807, 2.05) is 182 Å². The smallest absolute Gasteiger partial charge is 0.471 e. The number of nitrogens with one attached hydrogen (secondary N) is 4. The third-order valence-corrected chi connectivity index (χ3v) is 22.5. The first-order valence-corrected chi connectivity index (χ1v) is 44.0. The largest absolute Gasteiger partial charge is 0.481 e. The summed E-state index contributed by atoms with van der Waals surface area (Å²) in [6.45, 7) is 33.5. The summed E-state index contributed by atoms with van der Waals surface area (Å²) < 4.78 is 62.8. The second-order valence-corrected chi connectivity index (χ2v) is 36.6. The van der Waals surface area contributed by atoms with Gasteiger partial charge >= 0.3 is 18.1 Å². The Hall–Kier alpha value is -8.64. The average molecular weight is 1770 g/mol. The molecule has 706 valence electrons. The lowest BCUT2D eigenvalue weighted by molar-refractivity contribution is -0.175. The molecule has 24 nitrogen and oxygen atoms in total. The number of carbonyl (C=O) groups is 12. The van der Waals surface area contributed by atoms with E-state index in [0.29, 0.717) is 123 Å². The Morgan fingerprint density at radius 1 is 0.405 bits per heavy atom. The van der Waals surface area contributed by atoms with Gasteiger partial charge in [-0.05, 0) is 143 Å². The van der Waals surface area contributed by atoms with Crippen molar-refractivity contribution in [1.82, 2.24) is 31.1 Å². The van der Waals surface area contributed by atoms with Gasteiger partial charge in [-0.15, -0.1) is 0 Å². The molecule has 5 heterocycles. The van der Waals surface area contributed by atoms with Crippen molar-refractivity contribution < 1.29 is 106 Å². The number of carboxylic acids is 1. The van der Waals surface area contributed by atoms with Crippen LogP contribution in [0.4, 0.5) is 17.9 Å². The van der Waals surface area contributed by atoms with Crippen molar-refractivity contribution in [2.75, 3.05) is 85.5 Å². The van der Waals surface area contributed by atoms with Gasteiger partial charge in [-0.2, -0.15) is 13.2 Å². The van der Waals surface area contributed by atoms with Gasteiger partial charge in [0.25, 0.3) is 0 Å². The van der Waals surface area contributed by atoms with E-state index in [1.165, 1.54) is 6.92 Å². The van der Waals surface area contributed by atoms with Gasteiger partial charge in [-0.25, -0.2) is 0 Å². The molecule has 0 aliphatic carbocycles. The van der Waals surface area contributed by atoms with E-state index in [2.05, 4.69) is 34.7 Å². The van der Waals surface area contributed by atoms with E-state index in [4.69, 9.17) is 23.7 Å². The summed E-state index contributed by atoms with van der Waals surface area (Å²) in [7, 11) is 0. The molecule has 5 aliphatic heterocycles. The van der Waals surface area contributed by atoms with Crippen LogP contribution in [-0.4, -0.2) is 218 Å². The predicted octanol–water partition coefficient (Wildman–Crippen LogP) is 13.9. The Bertz CT molecular complexity index is 4020. The molecular weight excluding hydrogens is 1630 g/mol. The third-order valence-electron chi connectivity index (χ3n) is 22.5. The van der Waals surface area contributed by atoms with E-state index in [-0.39, 0.29) is 161 Å². The molecule has 0 bridgehead atoms. The minimum absolute atomic E-state index is 0. The second kappa shape index (κ2) is 54.6. The monoisotopic (exact) mass is 1770 g/mol. The van der Waals surface area contributed by atoms with Gasteiger partial charge in [0.1, 0.15) is 28.4 Å². The molecule has 4 aromatic rings. The molecule has 5 saturated heterocycles. The summed E-state index contributed by atoms with van der Waals surface area (Å²) in [5, 5.41) is 20.5. The fourth-order valence-corrected chi connectivity index (χ4v) is 15.2. The minimum atomic E-state index is -4.99. The molecule has 4 amide bonds. The van der Waals surface area contributed by atoms with Crippen molar-refractivity contribution in [2.45, 2.75) is 255 Å². The van der Waals surface area contributed by atoms with Crippen molar-refractivity contribution in [1.29, 1.82) is 0 Å². The van der Waals surface area contributed by atoms with Crippen molar-refractivity contribution in [2.24, 2.45) is 59.2 Å². The van der Waals surface area contributed by atoms with Crippen LogP contribution in [0.3, 0.4) is 0 Å². The van der Waals surface area contributed by atoms with Gasteiger partial charge < -0.3 is 50.1 Å². The number of rotatable bonds is 48. The molecule has 0 radical (unpaired) electrons. The molecular formula is C98H148F4N6O18. The molecule has 5 fully saturated rings. The molecule has 5 N–H and O–H groups in total. The fourth-order valence-electron chi connectivity index (χ4n) is 15.2. The Balaban J connectivity index is 0.000000641. The normalized spacial score (nSPS) is 19.8. The zero-order chi connectivity index (χ0) is 90.8. The van der Waals surface area contributed by atoms with Gasteiger partial charge in [0.2, 0.25) is 17.7 Å². The zero-order valence-electron chi connectivity index (χ0n) is 75.3. The molecule has 0 spiro atoms. The van der Waals surface area contributed by atoms with E-state index < -0.39 is 88.5 Å². The Kier molecular flexibility index (Phi) is 48.4. The number of hydrogen-bond acceptors (Lipinski definition) is 19. The van der Waals surface area contributed by atoms with Gasteiger partial charge in [0.05, 0.1) is 89.4 Å². The van der Waals surface area contributed by atoms with Crippen LogP contribution in [-0.2, 0) is 107 Å². The standard InChI is InChI=1S/C42H59N3O7.C33H44N2O6.C11H16F3NO3.C10H18O2.2CH4.FH.H2/c1-29(2)22-36(43-40(49)33(17-16-31-12-8-6-9-13-31)25-35(46)27-45-18-20-51-21-19-45)38(47)26-34(24-32-14-10-7-11-15-32)41(50)44-37(23-30(3)4)39(48)42(5)28-52-42;1-24(2)19-30(31(37)22-28(33(39)40)20-26-11-7-4-8-12-26)34-32(38)27(14-13-25-9-5-3-6-10-25)21-29(36)23-35-15-17-41-18-16-35;1-6(2)4-7(8(16)10(3)5-18-10)15-9(17)11(12,13)14;1-7(2)5-8(3)9(11)10(4)6-12-10;;;;/h6-15,29-30,33-34,36-37H,16-28H2,1-5H3,(H,43,49)(H,44,50);3-12,24,27-28,30H,13-23H2,1-2H3,(H,34,38)(H,39,40);6-7H,4-5H2,1-3H3,(H,15,17);7-8H,5-6H2,1-4H3;2*1H4;2*1H/t33-,34-,36+,37+,42-;27-,28-,30+;7-,10+;8-,10+;;;;/m1100..../s1. The van der Waals surface area contributed by atoms with Crippen molar-refractivity contribution in [3.63, 3.8) is 0 Å². The molecule has 0 unspecified atom stereocenters. The summed E-state index contributed by atoms with van der Waals surface area (Å²) >= 11 is 0. The highest BCUT2D eigenvalue weighted by molar-refractivity contribution is 6.00. The topological polar surface area (TPSA) is 336 Å². The lowest BCUT2D eigenvalue weighted by Gasteiger charge is -2.28. The van der Waals surface area contributed by atoms with Gasteiger partial charge in [-0.3, -0.25) is 72.0 Å². The molecule has 0 saturated carbocycles. The Morgan fingerprint density at radius 2 is 0.690 bits per heavy atom. The van der Waals surface area contributed by atoms with E-state index >= 15 is 0 Å². The summed E-state index contributed by atoms with van der Waals surface area (Å²) in [4.78, 5) is 160. The van der Waals surface area contributed by atoms with Crippen LogP contribution in [0.15, 0.2) is 121 Å². The van der Waals surface area contributed by atoms with Crippen molar-refractivity contribution in [3.8, 4) is 0 Å². The van der Waals surface area contributed by atoms with Crippen LogP contribution in [0.1, 0.15) is 206 Å². The number of carboxylic acid groups (broad SMARTS) is 1. The van der Waals surface area contributed by atoms with E-state index in [1.54, 1.807) is 26.1 Å². The summed E-state index contributed by atoms with van der Waals surface area (Å²) in [5.74, 6) is -6.92. The number of aliphatic carboxylic acids is 1. The number of amides is 4. The number of epoxide rings is 3. The SMILES string of the molecule is C.C.CC(C)C[C@H](C)C(=O)[C@@]1(C)CO1.CC(C)C[C@H](NC(=O)C(F)(F)F)C(=O)[C@@]1(C)CO1.CC(C)C[C@H](NC(=O)[C@H](CCc1ccccc1)CC(=O)CN1CCOCC1)C(=O)C[C@@H](Cc1ccccc1)C(=O)N[C@@H](CC(C)C)C(=O)[C@@]1(C)CO1.CC(C)C[C@H](NC(=O)[C@H](CCc1ccccc1)CC(=O)CN1CCOCC1)C(=O)C[C@@H](Cc1ccccc1)C(=O)O.F.[HH]. The third kappa shape index (κ3) is 40.8. The van der Waals surface area contributed by atoms with Crippen LogP contribution >= 0.6 is 0 Å². The average Bonchev–Trinajstić information content (AvgIpc) is 1.66. The van der Waals surface area contributed by atoms with Crippen LogP contribution in [0.25, 0.3) is 0 Å². The molecule has 0 aromatic heterocycles. The van der Waals surface area contributed by atoms with Crippen LogP contribution < -0.4 is 21.3 Å². The quantitative estimate of drug-likeness (QED) is 0.0203. The maximum absolute atomic E-state index is 14.2. The highest BCUT2D eigenvalue weighted by Gasteiger charge is 2.53. The summed E-state index contributed by atoms with van der Waals surface area (Å²) in [5.41, 5.74) is 1.52. The first kappa shape index (κ1) is 112. The van der Waals surface area contributed by atoms with E-state index in [0.717, 1.165) is 28.7 Å².